The molecule has 0 spiro atoms. The zero-order valence-corrected chi connectivity index (χ0v) is 12.3. The van der Waals surface area contributed by atoms with Gasteiger partial charge in [-0.3, -0.25) is 4.68 Å². The summed E-state index contributed by atoms with van der Waals surface area (Å²) in [6, 6.07) is 1.84. The van der Waals surface area contributed by atoms with Gasteiger partial charge in [-0.05, 0) is 26.8 Å². The Morgan fingerprint density at radius 1 is 1.48 bits per heavy atom. The minimum absolute atomic E-state index is 0.273. The molecule has 7 heteroatoms. The average Bonchev–Trinajstić information content (AvgIpc) is 2.90. The van der Waals surface area contributed by atoms with Crippen molar-refractivity contribution in [1.29, 1.82) is 0 Å². The minimum Gasteiger partial charge on any atom is -0.462 e. The lowest BCUT2D eigenvalue weighted by Crippen LogP contribution is -2.09. The summed E-state index contributed by atoms with van der Waals surface area (Å²) in [6.07, 6.45) is 5.00. The second kappa shape index (κ2) is 6.25. The molecular formula is C14H19N5O2. The fraction of sp³-hybridized carbons (Fsp3) is 0.357. The van der Waals surface area contributed by atoms with Gasteiger partial charge in [-0.1, -0.05) is 0 Å². The number of esters is 1. The van der Waals surface area contributed by atoms with Crippen LogP contribution >= 0.6 is 0 Å². The number of rotatable bonds is 5. The first-order valence-electron chi connectivity index (χ1n) is 6.75. The van der Waals surface area contributed by atoms with Crippen molar-refractivity contribution in [3.05, 3.63) is 30.2 Å². The van der Waals surface area contributed by atoms with Gasteiger partial charge in [0.05, 0.1) is 35.9 Å². The molecule has 0 fully saturated rings. The summed E-state index contributed by atoms with van der Waals surface area (Å²) in [7, 11) is 0. The Morgan fingerprint density at radius 2 is 2.24 bits per heavy atom. The molecule has 0 amide bonds. The van der Waals surface area contributed by atoms with Gasteiger partial charge < -0.3 is 15.8 Å². The van der Waals surface area contributed by atoms with Gasteiger partial charge in [-0.15, -0.1) is 0 Å². The van der Waals surface area contributed by atoms with Crippen molar-refractivity contribution in [1.82, 2.24) is 14.8 Å². The fourth-order valence-corrected chi connectivity index (χ4v) is 1.75. The molecule has 0 saturated carbocycles. The molecule has 0 aliphatic carbocycles. The van der Waals surface area contributed by atoms with Gasteiger partial charge in [0.2, 0.25) is 0 Å². The maximum atomic E-state index is 11.8. The zero-order valence-electron chi connectivity index (χ0n) is 12.3. The Morgan fingerprint density at radius 3 is 2.86 bits per heavy atom. The highest BCUT2D eigenvalue weighted by molar-refractivity contribution is 5.95. The van der Waals surface area contributed by atoms with E-state index < -0.39 is 5.97 Å². The standard InChI is InChI=1S/C14H19N5O2/c1-4-21-14(20)11-5-13(16-7-12(11)15)18-10-6-17-19(8-10)9(2)3/h5-9H,4,15H2,1-3H3,(H,16,18). The van der Waals surface area contributed by atoms with Crippen molar-refractivity contribution in [2.75, 3.05) is 17.7 Å². The maximum absolute atomic E-state index is 11.8. The Kier molecular flexibility index (Phi) is 4.42. The first-order valence-corrected chi connectivity index (χ1v) is 6.75. The van der Waals surface area contributed by atoms with Gasteiger partial charge in [0.25, 0.3) is 0 Å². The number of ether oxygens (including phenoxy) is 1. The zero-order chi connectivity index (χ0) is 15.4. The monoisotopic (exact) mass is 289 g/mol. The lowest BCUT2D eigenvalue weighted by Gasteiger charge is -2.08. The Hall–Kier alpha value is -2.57. The highest BCUT2D eigenvalue weighted by atomic mass is 16.5. The average molecular weight is 289 g/mol. The third-order valence-electron chi connectivity index (χ3n) is 2.83. The van der Waals surface area contributed by atoms with Crippen LogP contribution in [0.4, 0.5) is 17.2 Å². The number of hydrogen-bond donors (Lipinski definition) is 2. The third-order valence-corrected chi connectivity index (χ3v) is 2.83. The maximum Gasteiger partial charge on any atom is 0.340 e. The first kappa shape index (κ1) is 14.8. The largest absolute Gasteiger partial charge is 0.462 e. The molecule has 0 aliphatic rings. The van der Waals surface area contributed by atoms with Crippen LogP contribution in [0.3, 0.4) is 0 Å². The van der Waals surface area contributed by atoms with Crippen LogP contribution in [0.1, 0.15) is 37.2 Å². The van der Waals surface area contributed by atoms with E-state index in [1.807, 2.05) is 24.7 Å². The van der Waals surface area contributed by atoms with E-state index >= 15 is 0 Å². The van der Waals surface area contributed by atoms with E-state index in [9.17, 15) is 4.79 Å². The summed E-state index contributed by atoms with van der Waals surface area (Å²) >= 11 is 0. The summed E-state index contributed by atoms with van der Waals surface area (Å²) in [4.78, 5) is 15.9. The number of aromatic nitrogens is 3. The number of nitrogen functional groups attached to an aromatic ring is 1. The molecule has 0 aromatic carbocycles. The number of anilines is 3. The van der Waals surface area contributed by atoms with E-state index in [2.05, 4.69) is 15.4 Å². The van der Waals surface area contributed by atoms with Gasteiger partial charge in [0.1, 0.15) is 5.82 Å². The van der Waals surface area contributed by atoms with E-state index in [-0.39, 0.29) is 11.7 Å². The molecule has 112 valence electrons. The Bertz CT molecular complexity index is 636. The van der Waals surface area contributed by atoms with Crippen molar-refractivity contribution >= 4 is 23.2 Å². The number of nitrogens with one attached hydrogen (secondary N) is 1. The number of pyridine rings is 1. The van der Waals surface area contributed by atoms with E-state index in [4.69, 9.17) is 10.5 Å². The van der Waals surface area contributed by atoms with Gasteiger partial charge in [0, 0.05) is 12.2 Å². The lowest BCUT2D eigenvalue weighted by atomic mass is 10.2. The summed E-state index contributed by atoms with van der Waals surface area (Å²) in [6.45, 7) is 6.12. The van der Waals surface area contributed by atoms with Crippen LogP contribution in [0, 0.1) is 0 Å². The van der Waals surface area contributed by atoms with E-state index in [0.29, 0.717) is 18.0 Å². The van der Waals surface area contributed by atoms with Crippen LogP contribution in [-0.4, -0.2) is 27.3 Å². The smallest absolute Gasteiger partial charge is 0.340 e. The van der Waals surface area contributed by atoms with Crippen LogP contribution in [0.25, 0.3) is 0 Å². The Balaban J connectivity index is 2.20. The molecule has 7 nitrogen and oxygen atoms in total. The highest BCUT2D eigenvalue weighted by Crippen LogP contribution is 2.20. The number of nitrogens with zero attached hydrogens (tertiary/aromatic N) is 3. The SMILES string of the molecule is CCOC(=O)c1cc(Nc2cnn(C(C)C)c2)ncc1N. The molecule has 2 aromatic heterocycles. The lowest BCUT2D eigenvalue weighted by molar-refractivity contribution is 0.0527. The normalized spacial score (nSPS) is 10.7. The number of nitrogens with two attached hydrogens (primary N) is 1. The van der Waals surface area contributed by atoms with Crippen molar-refractivity contribution < 1.29 is 9.53 Å². The quantitative estimate of drug-likeness (QED) is 0.820. The Labute approximate surface area is 123 Å². The van der Waals surface area contributed by atoms with Crippen LogP contribution in [0.2, 0.25) is 0 Å². The van der Waals surface area contributed by atoms with Crippen molar-refractivity contribution in [3.63, 3.8) is 0 Å². The van der Waals surface area contributed by atoms with Crippen LogP contribution < -0.4 is 11.1 Å². The van der Waals surface area contributed by atoms with Crippen LogP contribution in [-0.2, 0) is 4.74 Å². The molecule has 2 rings (SSSR count). The van der Waals surface area contributed by atoms with E-state index in [0.717, 1.165) is 5.69 Å². The summed E-state index contributed by atoms with van der Waals surface area (Å²) in [5.74, 6) is 0.0499. The molecule has 3 N–H and O–H groups in total. The predicted molar refractivity (Wildman–Crippen MR) is 80.5 cm³/mol. The molecule has 0 saturated heterocycles. The summed E-state index contributed by atoms with van der Waals surface area (Å²) < 4.78 is 6.78. The van der Waals surface area contributed by atoms with Gasteiger partial charge in [-0.2, -0.15) is 5.10 Å². The minimum atomic E-state index is -0.460. The molecular weight excluding hydrogens is 270 g/mol. The third kappa shape index (κ3) is 3.50. The second-order valence-corrected chi connectivity index (χ2v) is 4.81. The molecule has 0 bridgehead atoms. The fourth-order valence-electron chi connectivity index (χ4n) is 1.75. The predicted octanol–water partition coefficient (Wildman–Crippen LogP) is 2.36. The van der Waals surface area contributed by atoms with E-state index in [1.54, 1.807) is 19.2 Å². The summed E-state index contributed by atoms with van der Waals surface area (Å²) in [5, 5.41) is 7.31. The van der Waals surface area contributed by atoms with Crippen molar-refractivity contribution in [2.24, 2.45) is 0 Å². The molecule has 0 radical (unpaired) electrons. The van der Waals surface area contributed by atoms with Gasteiger partial charge in [0.15, 0.2) is 0 Å². The second-order valence-electron chi connectivity index (χ2n) is 4.81. The molecule has 0 aliphatic heterocycles. The van der Waals surface area contributed by atoms with Crippen molar-refractivity contribution in [3.8, 4) is 0 Å². The first-order chi connectivity index (χ1) is 10.0. The number of carbonyl (C=O) groups is 1. The molecule has 0 atom stereocenters. The number of hydrogen-bond acceptors (Lipinski definition) is 6. The molecule has 21 heavy (non-hydrogen) atoms. The van der Waals surface area contributed by atoms with Crippen LogP contribution in [0.15, 0.2) is 24.7 Å². The number of carbonyl (C=O) groups excluding carboxylic acids is 1. The highest BCUT2D eigenvalue weighted by Gasteiger charge is 2.13. The molecule has 2 heterocycles. The molecule has 0 unspecified atom stereocenters. The van der Waals surface area contributed by atoms with Gasteiger partial charge >= 0.3 is 5.97 Å². The summed E-state index contributed by atoms with van der Waals surface area (Å²) in [5.41, 5.74) is 7.12. The van der Waals surface area contributed by atoms with Crippen LogP contribution in [0.5, 0.6) is 0 Å². The van der Waals surface area contributed by atoms with Crippen molar-refractivity contribution in [2.45, 2.75) is 26.8 Å². The van der Waals surface area contributed by atoms with Gasteiger partial charge in [-0.25, -0.2) is 9.78 Å². The topological polar surface area (TPSA) is 95.1 Å². The molecule has 2 aromatic rings. The van der Waals surface area contributed by atoms with E-state index in [1.165, 1.54) is 6.20 Å².